The Balaban J connectivity index is 1.47. The molecule has 0 bridgehead atoms. The zero-order valence-electron chi connectivity index (χ0n) is 20.0. The van der Waals surface area contributed by atoms with Crippen molar-refractivity contribution in [2.45, 2.75) is 111 Å². The molecule has 3 nitrogen and oxygen atoms in total. The minimum Gasteiger partial charge on any atom is -0.396 e. The maximum atomic E-state index is 11.3. The first-order valence-corrected chi connectivity index (χ1v) is 13.2. The summed E-state index contributed by atoms with van der Waals surface area (Å²) in [6.45, 7) is 9.89. The van der Waals surface area contributed by atoms with E-state index < -0.39 is 0 Å². The molecule has 4 fully saturated rings. The molecule has 11 unspecified atom stereocenters. The van der Waals surface area contributed by atoms with Gasteiger partial charge in [-0.1, -0.05) is 40.5 Å². The topological polar surface area (TPSA) is 60.7 Å². The van der Waals surface area contributed by atoms with E-state index in [2.05, 4.69) is 27.7 Å². The van der Waals surface area contributed by atoms with Crippen LogP contribution in [0.2, 0.25) is 0 Å². The van der Waals surface area contributed by atoms with Crippen LogP contribution in [-0.4, -0.2) is 34.1 Å². The average molecular weight is 421 g/mol. The quantitative estimate of drug-likeness (QED) is 0.538. The van der Waals surface area contributed by atoms with Gasteiger partial charge in [0.2, 0.25) is 0 Å². The van der Waals surface area contributed by atoms with E-state index in [0.29, 0.717) is 47.0 Å². The van der Waals surface area contributed by atoms with Gasteiger partial charge < -0.3 is 15.3 Å². The summed E-state index contributed by atoms with van der Waals surface area (Å²) in [6, 6.07) is 0. The van der Waals surface area contributed by atoms with Crippen LogP contribution >= 0.6 is 0 Å². The number of rotatable bonds is 6. The normalized spacial score (nSPS) is 50.3. The summed E-state index contributed by atoms with van der Waals surface area (Å²) < 4.78 is 0. The minimum absolute atomic E-state index is 0.0689. The lowest BCUT2D eigenvalue weighted by atomic mass is 9.44. The van der Waals surface area contributed by atoms with Gasteiger partial charge in [0, 0.05) is 6.61 Å². The van der Waals surface area contributed by atoms with Crippen molar-refractivity contribution in [1.29, 1.82) is 0 Å². The smallest absolute Gasteiger partial charge is 0.0579 e. The Labute approximate surface area is 185 Å². The van der Waals surface area contributed by atoms with Gasteiger partial charge in [0.1, 0.15) is 0 Å². The zero-order chi connectivity index (χ0) is 21.7. The summed E-state index contributed by atoms with van der Waals surface area (Å²) in [7, 11) is 0. The van der Waals surface area contributed by atoms with Crippen LogP contribution in [0, 0.1) is 52.3 Å². The molecule has 4 aliphatic rings. The van der Waals surface area contributed by atoms with Crippen molar-refractivity contribution >= 4 is 0 Å². The molecule has 4 saturated carbocycles. The third-order valence-electron chi connectivity index (χ3n) is 11.0. The molecule has 174 valence electrons. The molecule has 0 aliphatic heterocycles. The van der Waals surface area contributed by atoms with Crippen LogP contribution in [-0.2, 0) is 0 Å². The lowest BCUT2D eigenvalue weighted by Crippen LogP contribution is -2.54. The molecule has 0 heterocycles. The second kappa shape index (κ2) is 8.67. The molecule has 0 radical (unpaired) electrons. The molecule has 0 spiro atoms. The minimum atomic E-state index is -0.136. The fraction of sp³-hybridized carbons (Fsp3) is 1.00. The molecule has 0 aromatic heterocycles. The fourth-order valence-corrected chi connectivity index (χ4v) is 9.38. The Kier molecular flexibility index (Phi) is 6.66. The number of hydrogen-bond donors (Lipinski definition) is 3. The highest BCUT2D eigenvalue weighted by Gasteiger charge is 2.62. The molecule has 0 amide bonds. The van der Waals surface area contributed by atoms with Gasteiger partial charge in [-0.25, -0.2) is 0 Å². The summed E-state index contributed by atoms with van der Waals surface area (Å²) >= 11 is 0. The van der Waals surface area contributed by atoms with E-state index in [9.17, 15) is 15.3 Å². The van der Waals surface area contributed by atoms with Crippen LogP contribution < -0.4 is 0 Å². The Hall–Kier alpha value is -0.120. The zero-order valence-corrected chi connectivity index (χ0v) is 20.0. The summed E-state index contributed by atoms with van der Waals surface area (Å²) in [4.78, 5) is 0. The van der Waals surface area contributed by atoms with Gasteiger partial charge >= 0.3 is 0 Å². The van der Waals surface area contributed by atoms with Gasteiger partial charge in [0.25, 0.3) is 0 Å². The van der Waals surface area contributed by atoms with Gasteiger partial charge in [0.05, 0.1) is 12.2 Å². The van der Waals surface area contributed by atoms with E-state index in [4.69, 9.17) is 0 Å². The molecule has 30 heavy (non-hydrogen) atoms. The summed E-state index contributed by atoms with van der Waals surface area (Å²) in [5.41, 5.74) is 0.707. The highest BCUT2D eigenvalue weighted by atomic mass is 16.3. The van der Waals surface area contributed by atoms with Crippen LogP contribution in [0.4, 0.5) is 0 Å². The predicted octanol–water partition coefficient (Wildman–Crippen LogP) is 5.41. The van der Waals surface area contributed by atoms with E-state index in [1.807, 2.05) is 0 Å². The van der Waals surface area contributed by atoms with E-state index >= 15 is 0 Å². The second-order valence-electron chi connectivity index (χ2n) is 12.7. The fourth-order valence-electron chi connectivity index (χ4n) is 9.38. The van der Waals surface area contributed by atoms with Crippen LogP contribution in [0.3, 0.4) is 0 Å². The highest BCUT2D eigenvalue weighted by molar-refractivity contribution is 5.11. The Morgan fingerprint density at radius 1 is 0.867 bits per heavy atom. The predicted molar refractivity (Wildman–Crippen MR) is 122 cm³/mol. The lowest BCUT2D eigenvalue weighted by Gasteiger charge is -2.61. The largest absolute Gasteiger partial charge is 0.396 e. The highest BCUT2D eigenvalue weighted by Crippen LogP contribution is 2.68. The molecule has 0 aromatic rings. The Bertz CT molecular complexity index is 593. The van der Waals surface area contributed by atoms with E-state index in [-0.39, 0.29) is 12.2 Å². The van der Waals surface area contributed by atoms with E-state index in [1.165, 1.54) is 44.9 Å². The average Bonchev–Trinajstić information content (AvgIpc) is 2.98. The molecular weight excluding hydrogens is 372 g/mol. The van der Waals surface area contributed by atoms with Crippen molar-refractivity contribution in [2.24, 2.45) is 52.3 Å². The van der Waals surface area contributed by atoms with Crippen LogP contribution in [0.25, 0.3) is 0 Å². The molecule has 4 rings (SSSR count). The van der Waals surface area contributed by atoms with Crippen LogP contribution in [0.1, 0.15) is 98.3 Å². The van der Waals surface area contributed by atoms with E-state index in [0.717, 1.165) is 37.5 Å². The van der Waals surface area contributed by atoms with Gasteiger partial charge in [-0.15, -0.1) is 0 Å². The standard InChI is InChI=1S/C27H48O3/c1-17(16-28)6-5-7-18(2)25-24(30)15-23-21-9-8-19-14-20(29)10-12-26(19,3)22(21)11-13-27(23,25)4/h17-25,28-30H,5-16H2,1-4H3. The third-order valence-corrected chi connectivity index (χ3v) is 11.0. The van der Waals surface area contributed by atoms with Crippen molar-refractivity contribution in [2.75, 3.05) is 6.61 Å². The molecular formula is C27H48O3. The van der Waals surface area contributed by atoms with Crippen molar-refractivity contribution < 1.29 is 15.3 Å². The first kappa shape index (κ1) is 23.1. The van der Waals surface area contributed by atoms with Gasteiger partial charge in [0.15, 0.2) is 0 Å². The van der Waals surface area contributed by atoms with Crippen molar-refractivity contribution in [3.63, 3.8) is 0 Å². The number of fused-ring (bicyclic) bond motifs is 5. The van der Waals surface area contributed by atoms with Crippen molar-refractivity contribution in [3.8, 4) is 0 Å². The SMILES string of the molecule is CC(CO)CCCC(C)C1C(O)CC2C3CCC4CC(O)CCC4(C)C3CCC21C. The number of hydrogen-bond acceptors (Lipinski definition) is 3. The molecule has 4 aliphatic carbocycles. The van der Waals surface area contributed by atoms with Gasteiger partial charge in [-0.2, -0.15) is 0 Å². The first-order valence-electron chi connectivity index (χ1n) is 13.2. The summed E-state index contributed by atoms with van der Waals surface area (Å²) in [5.74, 6) is 4.37. The molecule has 3 N–H and O–H groups in total. The summed E-state index contributed by atoms with van der Waals surface area (Å²) in [6.07, 6.45) is 12.7. The van der Waals surface area contributed by atoms with Crippen LogP contribution in [0.5, 0.6) is 0 Å². The van der Waals surface area contributed by atoms with Gasteiger partial charge in [-0.05, 0) is 110 Å². The van der Waals surface area contributed by atoms with Crippen LogP contribution in [0.15, 0.2) is 0 Å². The maximum absolute atomic E-state index is 11.3. The molecule has 3 heteroatoms. The molecule has 11 atom stereocenters. The third kappa shape index (κ3) is 3.79. The lowest BCUT2D eigenvalue weighted by molar-refractivity contribution is -0.130. The second-order valence-corrected chi connectivity index (χ2v) is 12.7. The maximum Gasteiger partial charge on any atom is 0.0579 e. The monoisotopic (exact) mass is 420 g/mol. The number of aliphatic hydroxyl groups is 3. The molecule has 0 saturated heterocycles. The summed E-state index contributed by atoms with van der Waals surface area (Å²) in [5, 5.41) is 30.8. The van der Waals surface area contributed by atoms with E-state index in [1.54, 1.807) is 0 Å². The van der Waals surface area contributed by atoms with Crippen molar-refractivity contribution in [1.82, 2.24) is 0 Å². The number of aliphatic hydroxyl groups excluding tert-OH is 3. The Morgan fingerprint density at radius 2 is 1.60 bits per heavy atom. The molecule has 0 aromatic carbocycles. The first-order chi connectivity index (χ1) is 14.2. The Morgan fingerprint density at radius 3 is 2.33 bits per heavy atom. The van der Waals surface area contributed by atoms with Crippen molar-refractivity contribution in [3.05, 3.63) is 0 Å². The van der Waals surface area contributed by atoms with Gasteiger partial charge in [-0.3, -0.25) is 0 Å².